The third-order valence-corrected chi connectivity index (χ3v) is 2.05. The van der Waals surface area contributed by atoms with Crippen molar-refractivity contribution in [1.82, 2.24) is 4.90 Å². The van der Waals surface area contributed by atoms with Crippen LogP contribution >= 0.6 is 24.8 Å². The summed E-state index contributed by atoms with van der Waals surface area (Å²) in [5.41, 5.74) is 5.47. The fourth-order valence-corrected chi connectivity index (χ4v) is 1.50. The lowest BCUT2D eigenvalue weighted by Crippen LogP contribution is -2.38. The molecule has 1 heterocycles. The van der Waals surface area contributed by atoms with Crippen molar-refractivity contribution in [3.8, 4) is 0 Å². The summed E-state index contributed by atoms with van der Waals surface area (Å²) < 4.78 is 0. The lowest BCUT2D eigenvalue weighted by molar-refractivity contribution is -0.129. The summed E-state index contributed by atoms with van der Waals surface area (Å²) in [6.45, 7) is 3.12. The minimum absolute atomic E-state index is 0. The molecular weight excluding hydrogens is 199 g/mol. The first-order chi connectivity index (χ1) is 4.75. The molecule has 1 aliphatic rings. The largest absolute Gasteiger partial charge is 0.339 e. The van der Waals surface area contributed by atoms with Crippen LogP contribution in [0, 0.1) is 0 Å². The molecule has 0 aliphatic carbocycles. The summed E-state index contributed by atoms with van der Waals surface area (Å²) in [7, 11) is 0. The van der Waals surface area contributed by atoms with E-state index in [0.717, 1.165) is 19.4 Å². The van der Waals surface area contributed by atoms with Gasteiger partial charge in [0.25, 0.3) is 0 Å². The Hall–Kier alpha value is 0.01000. The van der Waals surface area contributed by atoms with Crippen molar-refractivity contribution in [2.45, 2.75) is 25.8 Å². The minimum atomic E-state index is 0. The number of hydrogen-bond donors (Lipinski definition) is 1. The van der Waals surface area contributed by atoms with Crippen LogP contribution in [-0.4, -0.2) is 29.9 Å². The van der Waals surface area contributed by atoms with Crippen LogP contribution in [0.1, 0.15) is 19.8 Å². The molecule has 0 spiro atoms. The number of rotatable bonds is 1. The minimum Gasteiger partial charge on any atom is -0.339 e. The predicted octanol–water partition coefficient (Wildman–Crippen LogP) is 0.800. The first kappa shape index (κ1) is 14.5. The summed E-state index contributed by atoms with van der Waals surface area (Å²) in [5.74, 6) is 0.160. The van der Waals surface area contributed by atoms with Crippen molar-refractivity contribution in [2.24, 2.45) is 5.73 Å². The van der Waals surface area contributed by atoms with Gasteiger partial charge in [0.2, 0.25) is 5.91 Å². The number of nitrogens with zero attached hydrogens (tertiary/aromatic N) is 1. The first-order valence-electron chi connectivity index (χ1n) is 3.73. The molecule has 1 aliphatic heterocycles. The lowest BCUT2D eigenvalue weighted by Gasteiger charge is -2.21. The molecule has 0 radical (unpaired) electrons. The molecule has 0 aromatic heterocycles. The van der Waals surface area contributed by atoms with Crippen LogP contribution in [0.3, 0.4) is 0 Å². The zero-order valence-electron chi connectivity index (χ0n) is 7.16. The fraction of sp³-hybridized carbons (Fsp3) is 0.857. The second kappa shape index (κ2) is 6.52. The van der Waals surface area contributed by atoms with Crippen LogP contribution in [0.15, 0.2) is 0 Å². The van der Waals surface area contributed by atoms with Crippen LogP contribution in [0.4, 0.5) is 0 Å². The van der Waals surface area contributed by atoms with E-state index in [1.54, 1.807) is 6.92 Å². The molecule has 1 amide bonds. The number of carbonyl (C=O) groups excluding carboxylic acids is 1. The van der Waals surface area contributed by atoms with E-state index >= 15 is 0 Å². The highest BCUT2D eigenvalue weighted by Crippen LogP contribution is 2.15. The first-order valence-corrected chi connectivity index (χ1v) is 3.73. The Labute approximate surface area is 85.5 Å². The fourth-order valence-electron chi connectivity index (χ4n) is 1.50. The van der Waals surface area contributed by atoms with Crippen LogP contribution in [-0.2, 0) is 4.79 Å². The van der Waals surface area contributed by atoms with Gasteiger partial charge in [-0.1, -0.05) is 0 Å². The molecule has 1 rings (SSSR count). The molecule has 1 saturated heterocycles. The van der Waals surface area contributed by atoms with E-state index in [4.69, 9.17) is 5.73 Å². The maximum absolute atomic E-state index is 10.9. The maximum Gasteiger partial charge on any atom is 0.219 e. The Morgan fingerprint density at radius 3 is 2.50 bits per heavy atom. The number of amides is 1. The van der Waals surface area contributed by atoms with Crippen molar-refractivity contribution < 1.29 is 4.79 Å². The van der Waals surface area contributed by atoms with Gasteiger partial charge < -0.3 is 10.6 Å². The smallest absolute Gasteiger partial charge is 0.219 e. The van der Waals surface area contributed by atoms with E-state index < -0.39 is 0 Å². The predicted molar refractivity (Wildman–Crippen MR) is 54.0 cm³/mol. The Bertz CT molecular complexity index is 143. The Kier molecular flexibility index (Phi) is 7.89. The van der Waals surface area contributed by atoms with E-state index in [1.807, 2.05) is 4.90 Å². The molecule has 74 valence electrons. The van der Waals surface area contributed by atoms with Crippen molar-refractivity contribution in [3.63, 3.8) is 0 Å². The molecule has 12 heavy (non-hydrogen) atoms. The topological polar surface area (TPSA) is 46.3 Å². The standard InChI is InChI=1S/C7H14N2O.2ClH/c1-6(10)9-4-2-3-7(9)5-8;;/h7H,2-5,8H2,1H3;2*1H. The molecule has 5 heteroatoms. The Balaban J connectivity index is 0. The van der Waals surface area contributed by atoms with Crippen LogP contribution in [0.25, 0.3) is 0 Å². The second-order valence-electron chi connectivity index (χ2n) is 2.74. The molecule has 0 aromatic carbocycles. The zero-order chi connectivity index (χ0) is 7.56. The SMILES string of the molecule is CC(=O)N1CCCC1CN.Cl.Cl. The van der Waals surface area contributed by atoms with Gasteiger partial charge in [-0.2, -0.15) is 0 Å². The molecule has 0 bridgehead atoms. The second-order valence-corrected chi connectivity index (χ2v) is 2.74. The van der Waals surface area contributed by atoms with Gasteiger partial charge in [0.15, 0.2) is 0 Å². The average molecular weight is 215 g/mol. The molecule has 3 nitrogen and oxygen atoms in total. The summed E-state index contributed by atoms with van der Waals surface area (Å²) in [4.78, 5) is 12.7. The van der Waals surface area contributed by atoms with Gasteiger partial charge in [-0.25, -0.2) is 0 Å². The van der Waals surface area contributed by atoms with E-state index in [9.17, 15) is 4.79 Å². The van der Waals surface area contributed by atoms with Crippen molar-refractivity contribution in [2.75, 3.05) is 13.1 Å². The van der Waals surface area contributed by atoms with Gasteiger partial charge in [-0.05, 0) is 12.8 Å². The van der Waals surface area contributed by atoms with Crippen LogP contribution < -0.4 is 5.73 Å². The summed E-state index contributed by atoms with van der Waals surface area (Å²) in [5, 5.41) is 0. The monoisotopic (exact) mass is 214 g/mol. The Morgan fingerprint density at radius 2 is 2.17 bits per heavy atom. The highest BCUT2D eigenvalue weighted by atomic mass is 35.5. The molecule has 1 atom stereocenters. The summed E-state index contributed by atoms with van der Waals surface area (Å²) in [6, 6.07) is 0.317. The quantitative estimate of drug-likeness (QED) is 0.703. The van der Waals surface area contributed by atoms with Crippen molar-refractivity contribution >= 4 is 30.7 Å². The number of likely N-dealkylation sites (tertiary alicyclic amines) is 1. The van der Waals surface area contributed by atoms with E-state index in [-0.39, 0.29) is 30.7 Å². The highest BCUT2D eigenvalue weighted by molar-refractivity contribution is 5.85. The van der Waals surface area contributed by atoms with Gasteiger partial charge in [-0.3, -0.25) is 4.79 Å². The molecule has 1 unspecified atom stereocenters. The third kappa shape index (κ3) is 3.17. The zero-order valence-corrected chi connectivity index (χ0v) is 8.79. The molecule has 2 N–H and O–H groups in total. The highest BCUT2D eigenvalue weighted by Gasteiger charge is 2.24. The van der Waals surface area contributed by atoms with Gasteiger partial charge in [0.1, 0.15) is 0 Å². The van der Waals surface area contributed by atoms with Crippen LogP contribution in [0.2, 0.25) is 0 Å². The average Bonchev–Trinajstić information content (AvgIpc) is 2.33. The van der Waals surface area contributed by atoms with E-state index in [2.05, 4.69) is 0 Å². The van der Waals surface area contributed by atoms with Gasteiger partial charge >= 0.3 is 0 Å². The number of hydrogen-bond acceptors (Lipinski definition) is 2. The number of nitrogens with two attached hydrogens (primary N) is 1. The third-order valence-electron chi connectivity index (χ3n) is 2.05. The maximum atomic E-state index is 10.9. The number of carbonyl (C=O) groups is 1. The van der Waals surface area contributed by atoms with E-state index in [1.165, 1.54) is 0 Å². The lowest BCUT2D eigenvalue weighted by atomic mass is 10.2. The summed E-state index contributed by atoms with van der Waals surface area (Å²) in [6.07, 6.45) is 2.19. The van der Waals surface area contributed by atoms with Gasteiger partial charge in [0, 0.05) is 26.1 Å². The van der Waals surface area contributed by atoms with Gasteiger partial charge in [0.05, 0.1) is 0 Å². The molecule has 0 aromatic rings. The summed E-state index contributed by atoms with van der Waals surface area (Å²) >= 11 is 0. The van der Waals surface area contributed by atoms with Crippen LogP contribution in [0.5, 0.6) is 0 Å². The Morgan fingerprint density at radius 1 is 1.58 bits per heavy atom. The molecule has 1 fully saturated rings. The number of halogens is 2. The molecule has 0 saturated carbocycles. The van der Waals surface area contributed by atoms with E-state index in [0.29, 0.717) is 12.6 Å². The van der Waals surface area contributed by atoms with Crippen molar-refractivity contribution in [1.29, 1.82) is 0 Å². The van der Waals surface area contributed by atoms with Gasteiger partial charge in [-0.15, -0.1) is 24.8 Å². The van der Waals surface area contributed by atoms with Crippen molar-refractivity contribution in [3.05, 3.63) is 0 Å². The normalized spacial score (nSPS) is 21.2. The molecular formula is C7H16Cl2N2O.